The third-order valence-corrected chi connectivity index (χ3v) is 8.88. The van der Waals surface area contributed by atoms with Crippen LogP contribution in [0.25, 0.3) is 10.9 Å². The minimum Gasteiger partial charge on any atom is -0.494 e. The monoisotopic (exact) mass is 680 g/mol. The molecule has 266 valence electrons. The summed E-state index contributed by atoms with van der Waals surface area (Å²) in [5.41, 5.74) is 0.433. The molecule has 5 rings (SSSR count). The first-order valence-electron chi connectivity index (χ1n) is 17.2. The zero-order valence-electron chi connectivity index (χ0n) is 28.7. The maximum atomic E-state index is 13.3. The maximum absolute atomic E-state index is 13.3. The molecule has 14 heteroatoms. The van der Waals surface area contributed by atoms with Crippen LogP contribution in [0.5, 0.6) is 5.75 Å². The second-order valence-electron chi connectivity index (χ2n) is 13.7. The van der Waals surface area contributed by atoms with Crippen LogP contribution in [0.3, 0.4) is 0 Å². The van der Waals surface area contributed by atoms with Gasteiger partial charge in [-0.3, -0.25) is 29.1 Å². The Morgan fingerprint density at radius 2 is 1.78 bits per heavy atom. The van der Waals surface area contributed by atoms with Gasteiger partial charge in [0, 0.05) is 64.0 Å². The highest BCUT2D eigenvalue weighted by molar-refractivity contribution is 6.38. The number of piperazine rings is 1. The number of aromatic nitrogens is 1. The van der Waals surface area contributed by atoms with Crippen molar-refractivity contribution in [1.82, 2.24) is 30.3 Å². The number of likely N-dealkylation sites (tertiary alicyclic amines) is 1. The second kappa shape index (κ2) is 16.4. The van der Waals surface area contributed by atoms with Crippen molar-refractivity contribution in [2.24, 2.45) is 0 Å². The number of fused-ring (bicyclic) bond motifs is 1. The van der Waals surface area contributed by atoms with E-state index in [0.717, 1.165) is 38.9 Å². The van der Waals surface area contributed by atoms with E-state index >= 15 is 0 Å². The number of amides is 4. The van der Waals surface area contributed by atoms with E-state index in [1.54, 1.807) is 23.1 Å². The normalized spacial score (nSPS) is 19.9. The molecular formula is C35H48N6O8. The molecule has 0 aliphatic carbocycles. The van der Waals surface area contributed by atoms with E-state index in [1.807, 2.05) is 26.8 Å². The lowest BCUT2D eigenvalue weighted by atomic mass is 10.1. The molecule has 0 unspecified atom stereocenters. The van der Waals surface area contributed by atoms with Gasteiger partial charge >= 0.3 is 6.09 Å². The van der Waals surface area contributed by atoms with E-state index in [1.165, 1.54) is 11.1 Å². The fourth-order valence-electron chi connectivity index (χ4n) is 6.31. The average molecular weight is 681 g/mol. The van der Waals surface area contributed by atoms with Gasteiger partial charge in [-0.15, -0.1) is 0 Å². The van der Waals surface area contributed by atoms with Crippen molar-refractivity contribution in [2.75, 3.05) is 65.6 Å². The van der Waals surface area contributed by atoms with Gasteiger partial charge in [0.05, 0.1) is 30.3 Å². The first-order valence-corrected chi connectivity index (χ1v) is 17.2. The first-order chi connectivity index (χ1) is 23.5. The number of nitrogens with one attached hydrogen (secondary N) is 2. The predicted molar refractivity (Wildman–Crippen MR) is 180 cm³/mol. The maximum Gasteiger partial charge on any atom is 0.410 e. The van der Waals surface area contributed by atoms with Crippen molar-refractivity contribution in [3.05, 3.63) is 36.0 Å². The molecule has 3 saturated heterocycles. The predicted octanol–water partition coefficient (Wildman–Crippen LogP) is 2.14. The van der Waals surface area contributed by atoms with Crippen LogP contribution >= 0.6 is 0 Å². The summed E-state index contributed by atoms with van der Waals surface area (Å²) in [6.07, 6.45) is 4.70. The molecule has 3 aliphatic heterocycles. The van der Waals surface area contributed by atoms with Crippen molar-refractivity contribution in [3.63, 3.8) is 0 Å². The van der Waals surface area contributed by atoms with E-state index in [2.05, 4.69) is 20.5 Å². The van der Waals surface area contributed by atoms with E-state index in [-0.39, 0.29) is 25.3 Å². The SMILES string of the molecule is CC(C)(C)OC(=O)N1CCN(CCCOc2ccc3nccc(C(=O)NCC(=O)N4CCC[C@H]4C(=O)C(=O)NC[C@@H]4CCCO4)c3c2)CC1. The Morgan fingerprint density at radius 1 is 0.980 bits per heavy atom. The number of rotatable bonds is 12. The Labute approximate surface area is 286 Å². The number of nitrogens with zero attached hydrogens (tertiary/aromatic N) is 4. The molecule has 14 nitrogen and oxygen atoms in total. The summed E-state index contributed by atoms with van der Waals surface area (Å²) in [5, 5.41) is 5.91. The van der Waals surface area contributed by atoms with E-state index in [0.29, 0.717) is 67.9 Å². The van der Waals surface area contributed by atoms with Gasteiger partial charge in [-0.1, -0.05) is 0 Å². The number of ether oxygens (including phenoxy) is 3. The van der Waals surface area contributed by atoms with Gasteiger partial charge in [-0.05, 0) is 77.1 Å². The molecule has 1 aromatic carbocycles. The Balaban J connectivity index is 1.08. The standard InChI is InChI=1S/C35H48N6O8/c1-35(2,3)49-34(46)40-17-15-39(16-18-40)13-6-20-47-24-9-10-28-27(21-24)26(11-12-36-28)32(44)38-23-30(42)41-14-4-8-29(41)31(43)33(45)37-22-25-7-5-19-48-25/h9-12,21,25,29H,4-8,13-20,22-23H2,1-3H3,(H,37,45)(H,38,44)/t25-,29-/m0/s1. The molecule has 2 atom stereocenters. The summed E-state index contributed by atoms with van der Waals surface area (Å²) in [6, 6.07) is 6.10. The third kappa shape index (κ3) is 9.88. The molecule has 0 bridgehead atoms. The van der Waals surface area contributed by atoms with Crippen molar-refractivity contribution < 1.29 is 38.2 Å². The van der Waals surface area contributed by atoms with Crippen molar-refractivity contribution in [1.29, 1.82) is 0 Å². The minimum atomic E-state index is -0.850. The van der Waals surface area contributed by atoms with Crippen LogP contribution in [-0.2, 0) is 23.9 Å². The number of hydrogen-bond donors (Lipinski definition) is 2. The molecule has 0 spiro atoms. The second-order valence-corrected chi connectivity index (χ2v) is 13.7. The topological polar surface area (TPSA) is 160 Å². The van der Waals surface area contributed by atoms with E-state index in [9.17, 15) is 24.0 Å². The zero-order chi connectivity index (χ0) is 35.0. The highest BCUT2D eigenvalue weighted by Gasteiger charge is 2.37. The average Bonchev–Trinajstić information content (AvgIpc) is 3.80. The summed E-state index contributed by atoms with van der Waals surface area (Å²) in [7, 11) is 0. The highest BCUT2D eigenvalue weighted by Crippen LogP contribution is 2.24. The van der Waals surface area contributed by atoms with E-state index < -0.39 is 35.1 Å². The quantitative estimate of drug-likeness (QED) is 0.251. The molecule has 4 heterocycles. The van der Waals surface area contributed by atoms with Crippen LogP contribution in [0.15, 0.2) is 30.5 Å². The van der Waals surface area contributed by atoms with Crippen LogP contribution in [0.1, 0.15) is 63.2 Å². The molecule has 2 aromatic rings. The van der Waals surface area contributed by atoms with Crippen molar-refractivity contribution in [2.45, 2.75) is 70.6 Å². The van der Waals surface area contributed by atoms with Crippen LogP contribution in [0, 0.1) is 0 Å². The number of carbonyl (C=O) groups is 5. The third-order valence-electron chi connectivity index (χ3n) is 8.88. The van der Waals surface area contributed by atoms with Gasteiger partial charge in [-0.25, -0.2) is 4.79 Å². The van der Waals surface area contributed by atoms with Gasteiger partial charge in [0.2, 0.25) is 11.7 Å². The molecule has 2 N–H and O–H groups in total. The lowest BCUT2D eigenvalue weighted by Gasteiger charge is -2.35. The Hall–Kier alpha value is -4.30. The fourth-order valence-corrected chi connectivity index (χ4v) is 6.31. The van der Waals surface area contributed by atoms with Crippen LogP contribution in [-0.4, -0.2) is 133 Å². The molecule has 0 radical (unpaired) electrons. The zero-order valence-corrected chi connectivity index (χ0v) is 28.7. The minimum absolute atomic E-state index is 0.0911. The number of ketones is 1. The number of carbonyl (C=O) groups excluding carboxylic acids is 5. The number of Topliss-reactive ketones (excluding diaryl/α,β-unsaturated/α-hetero) is 1. The molecule has 4 amide bonds. The molecular weight excluding hydrogens is 632 g/mol. The Bertz CT molecular complexity index is 1510. The molecule has 0 saturated carbocycles. The molecule has 1 aromatic heterocycles. The first kappa shape index (κ1) is 36.0. The number of hydrogen-bond acceptors (Lipinski definition) is 10. The van der Waals surface area contributed by atoms with Gasteiger partial charge in [-0.2, -0.15) is 0 Å². The van der Waals surface area contributed by atoms with Crippen molar-refractivity contribution in [3.8, 4) is 5.75 Å². The molecule has 49 heavy (non-hydrogen) atoms. The van der Waals surface area contributed by atoms with Crippen molar-refractivity contribution >= 4 is 40.5 Å². The van der Waals surface area contributed by atoms with Gasteiger partial charge < -0.3 is 34.6 Å². The van der Waals surface area contributed by atoms with Gasteiger partial charge in [0.1, 0.15) is 17.4 Å². The largest absolute Gasteiger partial charge is 0.494 e. The number of pyridine rings is 1. The summed E-state index contributed by atoms with van der Waals surface area (Å²) in [5.74, 6) is -1.66. The van der Waals surface area contributed by atoms with Gasteiger partial charge in [0.25, 0.3) is 11.8 Å². The smallest absolute Gasteiger partial charge is 0.410 e. The summed E-state index contributed by atoms with van der Waals surface area (Å²) < 4.78 is 17.0. The highest BCUT2D eigenvalue weighted by atomic mass is 16.6. The van der Waals surface area contributed by atoms with E-state index in [4.69, 9.17) is 14.2 Å². The Morgan fingerprint density at radius 3 is 2.51 bits per heavy atom. The summed E-state index contributed by atoms with van der Waals surface area (Å²) >= 11 is 0. The summed E-state index contributed by atoms with van der Waals surface area (Å²) in [6.45, 7) is 10.6. The van der Waals surface area contributed by atoms with Gasteiger partial charge in [0.15, 0.2) is 0 Å². The van der Waals surface area contributed by atoms with Crippen LogP contribution in [0.4, 0.5) is 4.79 Å². The molecule has 3 aliphatic rings. The Kier molecular flexibility index (Phi) is 12.0. The lowest BCUT2D eigenvalue weighted by Crippen LogP contribution is -2.50. The van der Waals surface area contributed by atoms with Crippen LogP contribution in [0.2, 0.25) is 0 Å². The fraction of sp³-hybridized carbons (Fsp3) is 0.600. The lowest BCUT2D eigenvalue weighted by molar-refractivity contribution is -0.144. The summed E-state index contributed by atoms with van der Waals surface area (Å²) in [4.78, 5) is 73.9. The number of benzene rings is 1. The molecule has 3 fully saturated rings. The van der Waals surface area contributed by atoms with Crippen LogP contribution < -0.4 is 15.4 Å².